The summed E-state index contributed by atoms with van der Waals surface area (Å²) < 4.78 is 0. The Balaban J connectivity index is 1.52. The topological polar surface area (TPSA) is 27.3 Å². The second-order valence-corrected chi connectivity index (χ2v) is 5.41. The number of hydrogen-bond acceptors (Lipinski definition) is 2. The molecule has 2 rings (SSSR count). The summed E-state index contributed by atoms with van der Waals surface area (Å²) >= 11 is 5.27. The first-order valence-corrected chi connectivity index (χ1v) is 7.53. The Morgan fingerprint density at radius 2 is 1.84 bits per heavy atom. The smallest absolute Gasteiger partial charge is 0.166 e. The van der Waals surface area contributed by atoms with Gasteiger partial charge in [-0.1, -0.05) is 30.3 Å². The maximum atomic E-state index is 5.27. The van der Waals surface area contributed by atoms with Gasteiger partial charge in [-0.05, 0) is 56.7 Å². The Bertz CT molecular complexity index is 374. The Labute approximate surface area is 121 Å². The van der Waals surface area contributed by atoms with Crippen LogP contribution in [0.2, 0.25) is 0 Å². The highest BCUT2D eigenvalue weighted by atomic mass is 32.1. The van der Waals surface area contributed by atoms with Gasteiger partial charge in [0.2, 0.25) is 0 Å². The second-order valence-electron chi connectivity index (χ2n) is 5.00. The molecule has 0 saturated carbocycles. The zero-order chi connectivity index (χ0) is 13.3. The number of benzene rings is 1. The second kappa shape index (κ2) is 8.12. The summed E-state index contributed by atoms with van der Waals surface area (Å²) in [5.41, 5.74) is 1.25. The third kappa shape index (κ3) is 5.57. The standard InChI is InChI=1S/C15H23N3S/c19-15(17-13-14-7-2-1-3-8-14)16-9-6-12-18-10-4-5-11-18/h1-3,7-8H,4-6,9-13H2,(H2,16,17,19). The van der Waals surface area contributed by atoms with Gasteiger partial charge in [-0.3, -0.25) is 0 Å². The van der Waals surface area contributed by atoms with E-state index in [2.05, 4.69) is 27.7 Å². The van der Waals surface area contributed by atoms with Crippen molar-refractivity contribution in [2.24, 2.45) is 0 Å². The molecule has 19 heavy (non-hydrogen) atoms. The minimum Gasteiger partial charge on any atom is -0.363 e. The van der Waals surface area contributed by atoms with Gasteiger partial charge in [-0.25, -0.2) is 0 Å². The first-order chi connectivity index (χ1) is 9.34. The van der Waals surface area contributed by atoms with Gasteiger partial charge in [-0.15, -0.1) is 0 Å². The molecule has 0 atom stereocenters. The lowest BCUT2D eigenvalue weighted by Crippen LogP contribution is -2.36. The van der Waals surface area contributed by atoms with Crippen molar-refractivity contribution in [3.05, 3.63) is 35.9 Å². The van der Waals surface area contributed by atoms with E-state index in [0.29, 0.717) is 0 Å². The van der Waals surface area contributed by atoms with Crippen molar-refractivity contribution < 1.29 is 0 Å². The van der Waals surface area contributed by atoms with Crippen LogP contribution in [-0.4, -0.2) is 36.2 Å². The molecule has 0 radical (unpaired) electrons. The third-order valence-corrected chi connectivity index (χ3v) is 3.72. The molecule has 2 N–H and O–H groups in total. The van der Waals surface area contributed by atoms with Crippen LogP contribution < -0.4 is 10.6 Å². The summed E-state index contributed by atoms with van der Waals surface area (Å²) in [6.07, 6.45) is 3.89. The molecular weight excluding hydrogens is 254 g/mol. The summed E-state index contributed by atoms with van der Waals surface area (Å²) in [5.74, 6) is 0. The van der Waals surface area contributed by atoms with Crippen molar-refractivity contribution in [3.8, 4) is 0 Å². The van der Waals surface area contributed by atoms with Crippen LogP contribution in [0.1, 0.15) is 24.8 Å². The molecule has 1 heterocycles. The predicted octanol–water partition coefficient (Wildman–Crippen LogP) is 2.14. The number of thiocarbonyl (C=S) groups is 1. The maximum absolute atomic E-state index is 5.27. The quantitative estimate of drug-likeness (QED) is 0.615. The maximum Gasteiger partial charge on any atom is 0.166 e. The van der Waals surface area contributed by atoms with E-state index in [1.54, 1.807) is 0 Å². The summed E-state index contributed by atoms with van der Waals surface area (Å²) in [6.45, 7) is 5.48. The predicted molar refractivity (Wildman–Crippen MR) is 84.2 cm³/mol. The highest BCUT2D eigenvalue weighted by molar-refractivity contribution is 7.80. The fourth-order valence-electron chi connectivity index (χ4n) is 2.35. The molecule has 0 aromatic heterocycles. The summed E-state index contributed by atoms with van der Waals surface area (Å²) in [4.78, 5) is 2.53. The molecule has 1 fully saturated rings. The molecule has 1 saturated heterocycles. The van der Waals surface area contributed by atoms with Gasteiger partial charge in [0.15, 0.2) is 5.11 Å². The molecule has 3 nitrogen and oxygen atoms in total. The van der Waals surface area contributed by atoms with Gasteiger partial charge in [0, 0.05) is 13.1 Å². The molecule has 4 heteroatoms. The van der Waals surface area contributed by atoms with E-state index in [-0.39, 0.29) is 0 Å². The van der Waals surface area contributed by atoms with Crippen LogP contribution in [-0.2, 0) is 6.54 Å². The van der Waals surface area contributed by atoms with Gasteiger partial charge in [0.1, 0.15) is 0 Å². The van der Waals surface area contributed by atoms with Gasteiger partial charge in [0.25, 0.3) is 0 Å². The first kappa shape index (κ1) is 14.3. The lowest BCUT2D eigenvalue weighted by Gasteiger charge is -2.15. The molecule has 0 bridgehead atoms. The van der Waals surface area contributed by atoms with Crippen LogP contribution in [0.5, 0.6) is 0 Å². The van der Waals surface area contributed by atoms with E-state index in [9.17, 15) is 0 Å². The van der Waals surface area contributed by atoms with E-state index >= 15 is 0 Å². The molecule has 0 aliphatic carbocycles. The fraction of sp³-hybridized carbons (Fsp3) is 0.533. The lowest BCUT2D eigenvalue weighted by atomic mass is 10.2. The minimum atomic E-state index is 0.755. The van der Waals surface area contributed by atoms with Crippen LogP contribution in [0.15, 0.2) is 30.3 Å². The van der Waals surface area contributed by atoms with E-state index < -0.39 is 0 Å². The van der Waals surface area contributed by atoms with Crippen molar-refractivity contribution in [2.75, 3.05) is 26.2 Å². The van der Waals surface area contributed by atoms with Gasteiger partial charge < -0.3 is 15.5 Å². The summed E-state index contributed by atoms with van der Waals surface area (Å²) in [6, 6.07) is 10.3. The highest BCUT2D eigenvalue weighted by Gasteiger charge is 2.09. The fourth-order valence-corrected chi connectivity index (χ4v) is 2.53. The van der Waals surface area contributed by atoms with Gasteiger partial charge >= 0.3 is 0 Å². The van der Waals surface area contributed by atoms with Gasteiger partial charge in [0.05, 0.1) is 0 Å². The number of nitrogens with one attached hydrogen (secondary N) is 2. The van der Waals surface area contributed by atoms with Crippen LogP contribution in [0.4, 0.5) is 0 Å². The number of likely N-dealkylation sites (tertiary alicyclic amines) is 1. The molecule has 0 amide bonds. The Hall–Kier alpha value is -1.13. The first-order valence-electron chi connectivity index (χ1n) is 7.12. The van der Waals surface area contributed by atoms with Crippen molar-refractivity contribution in [3.63, 3.8) is 0 Å². The molecule has 0 unspecified atom stereocenters. The minimum absolute atomic E-state index is 0.755. The average molecular weight is 277 g/mol. The van der Waals surface area contributed by atoms with Crippen LogP contribution in [0, 0.1) is 0 Å². The normalized spacial score (nSPS) is 15.4. The molecule has 1 aliphatic heterocycles. The molecule has 0 spiro atoms. The van der Waals surface area contributed by atoms with E-state index in [0.717, 1.165) is 24.6 Å². The van der Waals surface area contributed by atoms with Crippen LogP contribution in [0.25, 0.3) is 0 Å². The van der Waals surface area contributed by atoms with E-state index in [4.69, 9.17) is 12.2 Å². The number of hydrogen-bond donors (Lipinski definition) is 2. The lowest BCUT2D eigenvalue weighted by molar-refractivity contribution is 0.334. The Morgan fingerprint density at radius 1 is 1.11 bits per heavy atom. The van der Waals surface area contributed by atoms with Crippen molar-refractivity contribution in [1.82, 2.24) is 15.5 Å². The van der Waals surface area contributed by atoms with Crippen molar-refractivity contribution >= 4 is 17.3 Å². The number of rotatable bonds is 6. The largest absolute Gasteiger partial charge is 0.363 e. The van der Waals surface area contributed by atoms with Crippen molar-refractivity contribution in [2.45, 2.75) is 25.8 Å². The Kier molecular flexibility index (Phi) is 6.11. The summed E-state index contributed by atoms with van der Waals surface area (Å²) in [7, 11) is 0. The van der Waals surface area contributed by atoms with Gasteiger partial charge in [-0.2, -0.15) is 0 Å². The molecular formula is C15H23N3S. The highest BCUT2D eigenvalue weighted by Crippen LogP contribution is 2.06. The van der Waals surface area contributed by atoms with Crippen LogP contribution >= 0.6 is 12.2 Å². The molecule has 1 aromatic rings. The molecule has 1 aromatic carbocycles. The molecule has 1 aliphatic rings. The van der Waals surface area contributed by atoms with Crippen molar-refractivity contribution in [1.29, 1.82) is 0 Å². The third-order valence-electron chi connectivity index (χ3n) is 3.43. The monoisotopic (exact) mass is 277 g/mol. The average Bonchev–Trinajstić information content (AvgIpc) is 2.96. The van der Waals surface area contributed by atoms with E-state index in [1.807, 2.05) is 18.2 Å². The van der Waals surface area contributed by atoms with E-state index in [1.165, 1.54) is 38.0 Å². The zero-order valence-corrected chi connectivity index (χ0v) is 12.2. The summed E-state index contributed by atoms with van der Waals surface area (Å²) in [5, 5.41) is 7.26. The molecule has 104 valence electrons. The Morgan fingerprint density at radius 3 is 2.58 bits per heavy atom. The zero-order valence-electron chi connectivity index (χ0n) is 11.4. The van der Waals surface area contributed by atoms with Crippen LogP contribution in [0.3, 0.4) is 0 Å². The number of nitrogens with zero attached hydrogens (tertiary/aromatic N) is 1. The SMILES string of the molecule is S=C(NCCCN1CCCC1)NCc1ccccc1.